The molecule has 43 heavy (non-hydrogen) atoms. The van der Waals surface area contributed by atoms with Crippen molar-refractivity contribution in [3.8, 4) is 33.4 Å². The van der Waals surface area contributed by atoms with Crippen molar-refractivity contribution in [2.24, 2.45) is 0 Å². The van der Waals surface area contributed by atoms with Crippen LogP contribution in [0.25, 0.3) is 87.6 Å². The maximum absolute atomic E-state index is 9.30. The van der Waals surface area contributed by atoms with Crippen LogP contribution in [0.5, 0.6) is 0 Å². The van der Waals surface area contributed by atoms with Crippen LogP contribution < -0.4 is 0 Å². The van der Waals surface area contributed by atoms with Gasteiger partial charge in [0.25, 0.3) is 0 Å². The number of hydrogen-bond acceptors (Lipinski definition) is 1. The van der Waals surface area contributed by atoms with E-state index in [9.17, 15) is 5.48 Å². The van der Waals surface area contributed by atoms with Gasteiger partial charge in [0.05, 0.1) is 20.6 Å². The second kappa shape index (κ2) is 9.44. The molecule has 1 heterocycles. The number of benzene rings is 8. The molecule has 0 bridgehead atoms. The summed E-state index contributed by atoms with van der Waals surface area (Å²) in [5.74, 6) is 0. The molecule has 0 aliphatic carbocycles. The minimum Gasteiger partial charge on any atom is -0.455 e. The van der Waals surface area contributed by atoms with Crippen LogP contribution in [0.1, 0.15) is 20.6 Å². The van der Waals surface area contributed by atoms with Crippen LogP contribution in [-0.2, 0) is 0 Å². The summed E-state index contributed by atoms with van der Waals surface area (Å²) in [6.45, 7) is 0. The molecule has 1 aromatic heterocycles. The van der Waals surface area contributed by atoms with Gasteiger partial charge in [-0.2, -0.15) is 0 Å². The zero-order chi connectivity index (χ0) is 41.4. The minimum atomic E-state index is -0.586. The van der Waals surface area contributed by atoms with Crippen LogP contribution in [0.3, 0.4) is 0 Å². The van der Waals surface area contributed by atoms with E-state index in [1.807, 2.05) is 24.3 Å². The molecule has 9 aromatic rings. The summed E-state index contributed by atoms with van der Waals surface area (Å²) in [4.78, 5) is 0. The number of fused-ring (bicyclic) bond motifs is 6. The smallest absolute Gasteiger partial charge is 0.143 e. The lowest BCUT2D eigenvalue weighted by Crippen LogP contribution is -1.91. The minimum absolute atomic E-state index is 0.0000335. The predicted molar refractivity (Wildman–Crippen MR) is 183 cm³/mol. The van der Waals surface area contributed by atoms with Crippen LogP contribution in [0, 0.1) is 0 Å². The van der Waals surface area contributed by atoms with E-state index >= 15 is 0 Å². The van der Waals surface area contributed by atoms with Crippen molar-refractivity contribution in [2.45, 2.75) is 0 Å². The lowest BCUT2D eigenvalue weighted by molar-refractivity contribution is 0.670. The normalized spacial score (nSPS) is 16.6. The Kier molecular flexibility index (Phi) is 2.97. The number of rotatable bonds is 3. The van der Waals surface area contributed by atoms with Gasteiger partial charge in [-0.05, 0) is 66.7 Å². The van der Waals surface area contributed by atoms with Crippen molar-refractivity contribution < 1.29 is 25.0 Å². The highest BCUT2D eigenvalue weighted by atomic mass is 16.3. The molecule has 0 amide bonds. The maximum atomic E-state index is 9.30. The molecule has 1 heteroatoms. The first kappa shape index (κ1) is 13.5. The van der Waals surface area contributed by atoms with Gasteiger partial charge in [0.2, 0.25) is 0 Å². The first-order chi connectivity index (χ1) is 27.6. The molecule has 0 spiro atoms. The third-order valence-corrected chi connectivity index (χ3v) is 7.76. The van der Waals surface area contributed by atoms with Gasteiger partial charge in [0, 0.05) is 21.9 Å². The standard InChI is InChI=1S/C42H26O/c1-2-11-30-26-31(25-22-27(30)10-1)28-20-23-29(24-21-28)40-33-13-3-5-15-35(33)41(36-16-6-4-14-34(36)40)38-18-9-17-37-32-12-7-8-19-39(32)43-42(37)38/h1-26H/i1D,2D,3D,4D,5D,6D,10D,11D,13D,14D,15D,16D,22D,25D,26D. The van der Waals surface area contributed by atoms with E-state index in [1.54, 1.807) is 18.2 Å². The number of para-hydroxylation sites is 2. The Morgan fingerprint density at radius 2 is 1.02 bits per heavy atom. The molecule has 0 radical (unpaired) electrons. The van der Waals surface area contributed by atoms with Crippen molar-refractivity contribution in [3.63, 3.8) is 0 Å². The van der Waals surface area contributed by atoms with Crippen LogP contribution in [0.15, 0.2) is 162 Å². The molecule has 8 aromatic carbocycles. The number of furan rings is 1. The van der Waals surface area contributed by atoms with E-state index in [2.05, 4.69) is 0 Å². The monoisotopic (exact) mass is 561 g/mol. The topological polar surface area (TPSA) is 13.1 Å². The first-order valence-electron chi connectivity index (χ1n) is 21.1. The zero-order valence-corrected chi connectivity index (χ0v) is 22.3. The highest BCUT2D eigenvalue weighted by Crippen LogP contribution is 2.46. The molecule has 0 saturated carbocycles. The van der Waals surface area contributed by atoms with Gasteiger partial charge in [0.15, 0.2) is 0 Å². The summed E-state index contributed by atoms with van der Waals surface area (Å²) in [5.41, 5.74) is 1.90. The van der Waals surface area contributed by atoms with Gasteiger partial charge in [-0.1, -0.05) is 145 Å². The van der Waals surface area contributed by atoms with Gasteiger partial charge in [-0.25, -0.2) is 0 Å². The largest absolute Gasteiger partial charge is 0.455 e. The molecule has 0 N–H and O–H groups in total. The zero-order valence-electron chi connectivity index (χ0n) is 37.3. The quantitative estimate of drug-likeness (QED) is 0.196. The van der Waals surface area contributed by atoms with Crippen LogP contribution in [-0.4, -0.2) is 0 Å². The van der Waals surface area contributed by atoms with E-state index in [0.717, 1.165) is 5.39 Å². The van der Waals surface area contributed by atoms with E-state index < -0.39 is 84.6 Å². The van der Waals surface area contributed by atoms with Gasteiger partial charge >= 0.3 is 0 Å². The van der Waals surface area contributed by atoms with Crippen molar-refractivity contribution in [1.29, 1.82) is 0 Å². The SMILES string of the molecule is [2H]c1c([2H])c([2H])c2c([2H])c(-c3ccc(-c4c5c([2H])c([2H])c([2H])c([2H])c5c(-c5cccc6c5oc5ccccc56)c5c([2H])c([2H])c([2H])c([2H])c45)cc3)c([2H])c([2H])c2c1[2H]. The maximum Gasteiger partial charge on any atom is 0.143 e. The average Bonchev–Trinajstić information content (AvgIpc) is 3.61. The molecular weight excluding hydrogens is 520 g/mol. The summed E-state index contributed by atoms with van der Waals surface area (Å²) < 4.78 is 138. The molecular formula is C42H26O. The Bertz CT molecular complexity index is 3250. The Hall–Kier alpha value is -5.66. The van der Waals surface area contributed by atoms with Gasteiger partial charge < -0.3 is 4.42 Å². The lowest BCUT2D eigenvalue weighted by Gasteiger charge is -2.18. The highest BCUT2D eigenvalue weighted by Gasteiger charge is 2.20. The molecule has 0 unspecified atom stereocenters. The molecule has 0 saturated heterocycles. The van der Waals surface area contributed by atoms with E-state index in [4.69, 9.17) is 19.5 Å². The van der Waals surface area contributed by atoms with Gasteiger partial charge in [0.1, 0.15) is 11.2 Å². The summed E-state index contributed by atoms with van der Waals surface area (Å²) >= 11 is 0. The highest BCUT2D eigenvalue weighted by molar-refractivity contribution is 6.24. The van der Waals surface area contributed by atoms with Gasteiger partial charge in [-0.15, -0.1) is 0 Å². The first-order valence-corrected chi connectivity index (χ1v) is 13.6. The third kappa shape index (κ3) is 3.72. The average molecular weight is 562 g/mol. The Balaban J connectivity index is 1.42. The summed E-state index contributed by atoms with van der Waals surface area (Å²) in [6.07, 6.45) is 0. The molecule has 0 atom stereocenters. The molecule has 0 aliphatic rings. The lowest BCUT2D eigenvalue weighted by atomic mass is 9.85. The summed E-state index contributed by atoms with van der Waals surface area (Å²) in [7, 11) is 0. The third-order valence-electron chi connectivity index (χ3n) is 7.76. The Morgan fingerprint density at radius 3 is 1.77 bits per heavy atom. The molecule has 0 aliphatic heterocycles. The molecule has 1 nitrogen and oxygen atoms in total. The van der Waals surface area contributed by atoms with E-state index in [0.29, 0.717) is 22.1 Å². The fourth-order valence-electron chi connectivity index (χ4n) is 5.86. The molecule has 200 valence electrons. The second-order valence-electron chi connectivity index (χ2n) is 10.1. The Labute approximate surface area is 270 Å². The predicted octanol–water partition coefficient (Wildman–Crippen LogP) is 12.0. The van der Waals surface area contributed by atoms with Crippen molar-refractivity contribution >= 4 is 54.3 Å². The van der Waals surface area contributed by atoms with E-state index in [1.165, 1.54) is 24.3 Å². The van der Waals surface area contributed by atoms with E-state index in [-0.39, 0.29) is 66.2 Å². The van der Waals surface area contributed by atoms with Crippen LogP contribution in [0.4, 0.5) is 0 Å². The molecule has 9 rings (SSSR count). The Morgan fingerprint density at radius 1 is 0.419 bits per heavy atom. The van der Waals surface area contributed by atoms with Crippen LogP contribution >= 0.6 is 0 Å². The van der Waals surface area contributed by atoms with Crippen molar-refractivity contribution in [3.05, 3.63) is 157 Å². The van der Waals surface area contributed by atoms with Crippen molar-refractivity contribution in [1.82, 2.24) is 0 Å². The fourth-order valence-corrected chi connectivity index (χ4v) is 5.86. The van der Waals surface area contributed by atoms with Crippen LogP contribution in [0.2, 0.25) is 0 Å². The second-order valence-corrected chi connectivity index (χ2v) is 10.1. The summed E-state index contributed by atoms with van der Waals surface area (Å²) in [6, 6.07) is 11.1. The number of hydrogen-bond donors (Lipinski definition) is 0. The fraction of sp³-hybridized carbons (Fsp3) is 0. The molecule has 0 fully saturated rings. The van der Waals surface area contributed by atoms with Gasteiger partial charge in [-0.3, -0.25) is 0 Å². The van der Waals surface area contributed by atoms with Crippen molar-refractivity contribution in [2.75, 3.05) is 0 Å². The summed E-state index contributed by atoms with van der Waals surface area (Å²) in [5, 5.41) is 0.975.